The molecule has 5 rings (SSSR count). The molecule has 1 fully saturated rings. The minimum Gasteiger partial charge on any atom is -0.449 e. The van der Waals surface area contributed by atoms with Gasteiger partial charge in [0.05, 0.1) is 16.8 Å². The van der Waals surface area contributed by atoms with Crippen molar-refractivity contribution in [3.05, 3.63) is 94.5 Å². The summed E-state index contributed by atoms with van der Waals surface area (Å²) in [6.07, 6.45) is 2.65. The predicted octanol–water partition coefficient (Wildman–Crippen LogP) is 5.59. The van der Waals surface area contributed by atoms with Crippen LogP contribution in [0.4, 0.5) is 9.18 Å². The van der Waals surface area contributed by atoms with Gasteiger partial charge in [-0.25, -0.2) is 9.78 Å². The zero-order valence-electron chi connectivity index (χ0n) is 22.4. The van der Waals surface area contributed by atoms with Crippen molar-refractivity contribution in [2.45, 2.75) is 44.8 Å². The van der Waals surface area contributed by atoms with E-state index in [0.29, 0.717) is 17.3 Å². The fourth-order valence-electron chi connectivity index (χ4n) is 4.92. The quantitative estimate of drug-likeness (QED) is 0.245. The lowest BCUT2D eigenvalue weighted by Gasteiger charge is -2.32. The number of carbonyl (C=O) groups is 2. The van der Waals surface area contributed by atoms with Crippen LogP contribution in [0.1, 0.15) is 60.7 Å². The molecular weight excluding hydrogens is 498 g/mol. The first-order valence-corrected chi connectivity index (χ1v) is 12.9. The largest absolute Gasteiger partial charge is 0.492 e. The van der Waals surface area contributed by atoms with Crippen molar-refractivity contribution < 1.29 is 28.0 Å². The first-order chi connectivity index (χ1) is 18.6. The monoisotopic (exact) mass is 528 g/mol. The molecule has 39 heavy (non-hydrogen) atoms. The van der Waals surface area contributed by atoms with Gasteiger partial charge in [0.1, 0.15) is 6.61 Å². The number of hydrogen-bond donors (Lipinski definition) is 1. The molecule has 0 atom stereocenters. The van der Waals surface area contributed by atoms with Crippen LogP contribution in [0.3, 0.4) is 0 Å². The number of benzene rings is 2. The molecule has 0 bridgehead atoms. The fraction of sp³-hybridized carbons (Fsp3) is 0.300. The molecule has 2 aromatic carbocycles. The number of rotatable bonds is 7. The number of fused-ring (bicyclic) bond motifs is 3. The van der Waals surface area contributed by atoms with Crippen LogP contribution >= 0.6 is 0 Å². The molecule has 7 nitrogen and oxygen atoms in total. The minimum absolute atomic E-state index is 0.00423. The van der Waals surface area contributed by atoms with E-state index in [1.807, 2.05) is 52.0 Å². The van der Waals surface area contributed by atoms with Gasteiger partial charge >= 0.3 is 13.2 Å². The molecular formula is C30H30BFN2O5. The molecule has 1 aromatic heterocycles. The van der Waals surface area contributed by atoms with Crippen LogP contribution in [0.2, 0.25) is 0 Å². The number of alkyl carbamates (subject to hydrolysis) is 1. The Morgan fingerprint density at radius 2 is 1.62 bits per heavy atom. The van der Waals surface area contributed by atoms with Gasteiger partial charge in [0, 0.05) is 18.7 Å². The van der Waals surface area contributed by atoms with E-state index in [1.54, 1.807) is 6.08 Å². The maximum absolute atomic E-state index is 14.2. The van der Waals surface area contributed by atoms with E-state index in [2.05, 4.69) is 34.6 Å². The number of halogens is 1. The van der Waals surface area contributed by atoms with E-state index in [9.17, 15) is 14.0 Å². The summed E-state index contributed by atoms with van der Waals surface area (Å²) in [6.45, 7) is 7.80. The highest BCUT2D eigenvalue weighted by atomic mass is 19.1. The molecule has 1 amide bonds. The number of pyridine rings is 1. The number of hydrogen-bond acceptors (Lipinski definition) is 6. The second-order valence-electron chi connectivity index (χ2n) is 10.7. The van der Waals surface area contributed by atoms with E-state index < -0.39 is 30.4 Å². The number of nitrogens with zero attached hydrogens (tertiary/aromatic N) is 1. The van der Waals surface area contributed by atoms with Gasteiger partial charge in [-0.05, 0) is 67.1 Å². The van der Waals surface area contributed by atoms with Crippen molar-refractivity contribution in [3.8, 4) is 11.1 Å². The normalized spacial score (nSPS) is 17.5. The second-order valence-corrected chi connectivity index (χ2v) is 10.7. The lowest BCUT2D eigenvalue weighted by atomic mass is 9.76. The number of ether oxygens (including phenoxy) is 1. The van der Waals surface area contributed by atoms with E-state index in [1.165, 1.54) is 12.3 Å². The molecule has 2 heterocycles. The predicted molar refractivity (Wildman–Crippen MR) is 147 cm³/mol. The summed E-state index contributed by atoms with van der Waals surface area (Å²) in [4.78, 5) is 28.0. The topological polar surface area (TPSA) is 86.8 Å². The van der Waals surface area contributed by atoms with Crippen molar-refractivity contribution >= 4 is 25.6 Å². The smallest absolute Gasteiger partial charge is 0.449 e. The molecule has 0 radical (unpaired) electrons. The van der Waals surface area contributed by atoms with Gasteiger partial charge < -0.3 is 19.4 Å². The van der Waals surface area contributed by atoms with Crippen LogP contribution in [0.15, 0.2) is 66.3 Å². The van der Waals surface area contributed by atoms with E-state index in [-0.39, 0.29) is 24.6 Å². The van der Waals surface area contributed by atoms with E-state index in [0.717, 1.165) is 22.3 Å². The molecule has 9 heteroatoms. The average molecular weight is 528 g/mol. The summed E-state index contributed by atoms with van der Waals surface area (Å²) in [6, 6.07) is 17.7. The summed E-state index contributed by atoms with van der Waals surface area (Å²) in [5.74, 6) is -0.951. The highest BCUT2D eigenvalue weighted by Crippen LogP contribution is 2.44. The first kappa shape index (κ1) is 26.8. The lowest BCUT2D eigenvalue weighted by molar-refractivity contribution is 0.00578. The molecule has 3 aromatic rings. The van der Waals surface area contributed by atoms with Crippen molar-refractivity contribution in [3.63, 3.8) is 0 Å². The SMILES string of the molecule is CC1(C)OB(C(=Cc2ccnc(F)c2C=O)CNC(=O)OCC2c3ccccc3-c3ccccc32)OC1(C)C. The molecule has 2 aliphatic rings. The lowest BCUT2D eigenvalue weighted by Crippen LogP contribution is -2.41. The van der Waals surface area contributed by atoms with Crippen LogP contribution in [0.5, 0.6) is 0 Å². The molecule has 0 spiro atoms. The minimum atomic E-state index is -0.878. The highest BCUT2D eigenvalue weighted by Gasteiger charge is 2.52. The number of amides is 1. The number of aldehydes is 1. The van der Waals surface area contributed by atoms with Gasteiger partial charge in [0.2, 0.25) is 5.95 Å². The molecule has 0 unspecified atom stereocenters. The van der Waals surface area contributed by atoms with Crippen molar-refractivity contribution in [1.29, 1.82) is 0 Å². The molecule has 1 N–H and O–H groups in total. The van der Waals surface area contributed by atoms with Gasteiger partial charge in [0.15, 0.2) is 6.29 Å². The molecule has 1 aliphatic carbocycles. The summed E-state index contributed by atoms with van der Waals surface area (Å²) in [5, 5.41) is 2.77. The Balaban J connectivity index is 1.33. The Morgan fingerprint density at radius 1 is 1.03 bits per heavy atom. The molecule has 1 saturated heterocycles. The third-order valence-electron chi connectivity index (χ3n) is 7.77. The zero-order valence-corrected chi connectivity index (χ0v) is 22.4. The van der Waals surface area contributed by atoms with Crippen LogP contribution < -0.4 is 5.32 Å². The first-order valence-electron chi connectivity index (χ1n) is 12.9. The van der Waals surface area contributed by atoms with Gasteiger partial charge in [-0.2, -0.15) is 4.39 Å². The van der Waals surface area contributed by atoms with E-state index in [4.69, 9.17) is 14.0 Å². The molecule has 200 valence electrons. The second kappa shape index (κ2) is 10.4. The third-order valence-corrected chi connectivity index (χ3v) is 7.77. The standard InChI is InChI=1S/C30H30BFN2O5/c1-29(2)30(3,4)39-31(38-29)20(15-19-13-14-33-27(32)25(19)17-35)16-34-28(36)37-18-26-23-11-7-5-9-21(23)22-10-6-8-12-24(22)26/h5-15,17,26H,16,18H2,1-4H3,(H,34,36). The number of aromatic nitrogens is 1. The Kier molecular flexibility index (Phi) is 7.14. The summed E-state index contributed by atoms with van der Waals surface area (Å²) >= 11 is 0. The van der Waals surface area contributed by atoms with Crippen molar-refractivity contribution in [2.75, 3.05) is 13.2 Å². The van der Waals surface area contributed by atoms with Gasteiger partial charge in [0.25, 0.3) is 0 Å². The Bertz CT molecular complexity index is 1390. The highest BCUT2D eigenvalue weighted by molar-refractivity contribution is 6.56. The van der Waals surface area contributed by atoms with E-state index >= 15 is 0 Å². The fourth-order valence-corrected chi connectivity index (χ4v) is 4.92. The summed E-state index contributed by atoms with van der Waals surface area (Å²) < 4.78 is 32.2. The number of nitrogens with one attached hydrogen (secondary N) is 1. The van der Waals surface area contributed by atoms with Crippen LogP contribution in [-0.2, 0) is 14.0 Å². The molecule has 0 saturated carbocycles. The van der Waals surface area contributed by atoms with Crippen molar-refractivity contribution in [2.24, 2.45) is 0 Å². The van der Waals surface area contributed by atoms with Crippen LogP contribution in [0.25, 0.3) is 17.2 Å². The van der Waals surface area contributed by atoms with Gasteiger partial charge in [-0.1, -0.05) is 54.6 Å². The zero-order chi connectivity index (χ0) is 27.8. The van der Waals surface area contributed by atoms with Crippen molar-refractivity contribution in [1.82, 2.24) is 10.3 Å². The average Bonchev–Trinajstić information content (AvgIpc) is 3.34. The maximum Gasteiger partial charge on any atom is 0.492 e. The van der Waals surface area contributed by atoms with Crippen LogP contribution in [-0.4, -0.2) is 48.8 Å². The Morgan fingerprint density at radius 3 is 2.21 bits per heavy atom. The van der Waals surface area contributed by atoms with Crippen LogP contribution in [0, 0.1) is 5.95 Å². The third kappa shape index (κ3) is 5.12. The summed E-state index contributed by atoms with van der Waals surface area (Å²) in [5.41, 5.74) is 3.85. The number of carbonyl (C=O) groups excluding carboxylic acids is 2. The maximum atomic E-state index is 14.2. The summed E-state index contributed by atoms with van der Waals surface area (Å²) in [7, 11) is -0.834. The Labute approximate surface area is 227 Å². The molecule has 1 aliphatic heterocycles. The van der Waals surface area contributed by atoms with Gasteiger partial charge in [-0.15, -0.1) is 0 Å². The Hall–Kier alpha value is -3.82. The van der Waals surface area contributed by atoms with Gasteiger partial charge in [-0.3, -0.25) is 4.79 Å².